The fraction of sp³-hybridized carbons (Fsp3) is 0.429. The lowest BCUT2D eigenvalue weighted by molar-refractivity contribution is -0.160. The summed E-state index contributed by atoms with van der Waals surface area (Å²) >= 11 is 0. The van der Waals surface area contributed by atoms with Crippen LogP contribution in [-0.4, -0.2) is 43.7 Å². The third-order valence-electron chi connectivity index (χ3n) is 3.31. The molecule has 1 aliphatic heterocycles. The van der Waals surface area contributed by atoms with Gasteiger partial charge in [0.15, 0.2) is 11.5 Å². The third-order valence-corrected chi connectivity index (χ3v) is 3.31. The van der Waals surface area contributed by atoms with E-state index in [-0.39, 0.29) is 6.42 Å². The molecule has 1 atom stereocenters. The highest BCUT2D eigenvalue weighted by atomic mass is 16.7. The van der Waals surface area contributed by atoms with Crippen molar-refractivity contribution < 1.29 is 28.9 Å². The van der Waals surface area contributed by atoms with Gasteiger partial charge in [0.2, 0.25) is 11.4 Å². The Hall–Kier alpha value is -2.44. The summed E-state index contributed by atoms with van der Waals surface area (Å²) in [5.74, 6) is 0.343. The van der Waals surface area contributed by atoms with Gasteiger partial charge in [-0.05, 0) is 19.1 Å². The second-order valence-corrected chi connectivity index (χ2v) is 4.76. The van der Waals surface area contributed by atoms with Crippen molar-refractivity contribution in [2.24, 2.45) is 5.16 Å². The molecule has 0 radical (unpaired) electrons. The normalized spacial score (nSPS) is 20.5. The molecule has 1 unspecified atom stereocenters. The first-order valence-electron chi connectivity index (χ1n) is 6.24. The summed E-state index contributed by atoms with van der Waals surface area (Å²) in [6.07, 6.45) is 0.154. The van der Waals surface area contributed by atoms with Crippen molar-refractivity contribution in [1.82, 2.24) is 0 Å². The van der Waals surface area contributed by atoms with Gasteiger partial charge in [0, 0.05) is 12.0 Å². The second kappa shape index (κ2) is 5.51. The van der Waals surface area contributed by atoms with Crippen LogP contribution < -0.4 is 14.2 Å². The number of aliphatic carboxylic acids is 1. The number of methoxy groups -OCH3 is 3. The summed E-state index contributed by atoms with van der Waals surface area (Å²) in [7, 11) is 4.53. The number of hydrogen-bond acceptors (Lipinski definition) is 6. The van der Waals surface area contributed by atoms with Crippen LogP contribution in [0.3, 0.4) is 0 Å². The Morgan fingerprint density at radius 1 is 1.24 bits per heavy atom. The van der Waals surface area contributed by atoms with Gasteiger partial charge in [0.1, 0.15) is 0 Å². The maximum Gasteiger partial charge on any atom is 0.351 e. The van der Waals surface area contributed by atoms with Gasteiger partial charge in [-0.15, -0.1) is 0 Å². The van der Waals surface area contributed by atoms with Crippen molar-refractivity contribution in [3.05, 3.63) is 17.7 Å². The first-order chi connectivity index (χ1) is 9.95. The minimum Gasteiger partial charge on any atom is -0.493 e. The van der Waals surface area contributed by atoms with Crippen molar-refractivity contribution in [1.29, 1.82) is 0 Å². The molecule has 2 rings (SSSR count). The van der Waals surface area contributed by atoms with Crippen molar-refractivity contribution in [2.75, 3.05) is 21.3 Å². The highest BCUT2D eigenvalue weighted by molar-refractivity contribution is 6.05. The Bertz CT molecular complexity index is 572. The van der Waals surface area contributed by atoms with Gasteiger partial charge in [-0.1, -0.05) is 5.16 Å². The van der Waals surface area contributed by atoms with Crippen LogP contribution in [0.5, 0.6) is 17.2 Å². The summed E-state index contributed by atoms with van der Waals surface area (Å²) in [6.45, 7) is 1.48. The lowest BCUT2D eigenvalue weighted by Crippen LogP contribution is -2.35. The maximum absolute atomic E-state index is 11.2. The minimum atomic E-state index is -1.35. The highest BCUT2D eigenvalue weighted by Gasteiger charge is 2.42. The number of carbonyl (C=O) groups is 1. The SMILES string of the molecule is COc1cc(C2=NOC(C)(C(=O)O)C2)cc(OC)c1OC. The Labute approximate surface area is 122 Å². The van der Waals surface area contributed by atoms with Crippen LogP contribution in [-0.2, 0) is 9.63 Å². The van der Waals surface area contributed by atoms with Crippen LogP contribution in [0, 0.1) is 0 Å². The van der Waals surface area contributed by atoms with Crippen LogP contribution in [0.1, 0.15) is 18.9 Å². The zero-order chi connectivity index (χ0) is 15.6. The van der Waals surface area contributed by atoms with E-state index in [0.29, 0.717) is 28.5 Å². The largest absolute Gasteiger partial charge is 0.493 e. The molecule has 0 aliphatic carbocycles. The quantitative estimate of drug-likeness (QED) is 0.889. The van der Waals surface area contributed by atoms with E-state index >= 15 is 0 Å². The predicted molar refractivity (Wildman–Crippen MR) is 74.4 cm³/mol. The van der Waals surface area contributed by atoms with Crippen LogP contribution >= 0.6 is 0 Å². The molecular weight excluding hydrogens is 278 g/mol. The maximum atomic E-state index is 11.2. The molecule has 21 heavy (non-hydrogen) atoms. The number of hydrogen-bond donors (Lipinski definition) is 1. The van der Waals surface area contributed by atoms with Gasteiger partial charge < -0.3 is 24.2 Å². The molecular formula is C14H17NO6. The summed E-state index contributed by atoms with van der Waals surface area (Å²) in [4.78, 5) is 16.2. The van der Waals surface area contributed by atoms with E-state index in [9.17, 15) is 4.79 Å². The predicted octanol–water partition coefficient (Wildman–Crippen LogP) is 1.68. The number of ether oxygens (including phenoxy) is 3. The number of carboxylic acid groups (broad SMARTS) is 1. The molecule has 0 saturated heterocycles. The van der Waals surface area contributed by atoms with Gasteiger partial charge in [-0.2, -0.15) is 0 Å². The Balaban J connectivity index is 2.40. The molecule has 0 aromatic heterocycles. The first kappa shape index (κ1) is 15.0. The van der Waals surface area contributed by atoms with Crippen molar-refractivity contribution >= 4 is 11.7 Å². The van der Waals surface area contributed by atoms with Crippen LogP contribution in [0.4, 0.5) is 0 Å². The summed E-state index contributed by atoms with van der Waals surface area (Å²) in [5, 5.41) is 13.0. The Kier molecular flexibility index (Phi) is 3.93. The molecule has 0 fully saturated rings. The molecule has 0 bridgehead atoms. The van der Waals surface area contributed by atoms with E-state index < -0.39 is 11.6 Å². The van der Waals surface area contributed by atoms with Gasteiger partial charge in [0.25, 0.3) is 0 Å². The molecule has 0 saturated carbocycles. The number of carboxylic acids is 1. The average Bonchev–Trinajstić information content (AvgIpc) is 2.89. The zero-order valence-corrected chi connectivity index (χ0v) is 12.3. The molecule has 7 nitrogen and oxygen atoms in total. The second-order valence-electron chi connectivity index (χ2n) is 4.76. The standard InChI is InChI=1S/C14H17NO6/c1-14(13(16)17)7-9(15-21-14)8-5-10(18-2)12(20-4)11(6-8)19-3/h5-6H,7H2,1-4H3,(H,16,17). The zero-order valence-electron chi connectivity index (χ0n) is 12.3. The number of oxime groups is 1. The Morgan fingerprint density at radius 3 is 2.19 bits per heavy atom. The molecule has 0 amide bonds. The van der Waals surface area contributed by atoms with E-state index in [0.717, 1.165) is 0 Å². The van der Waals surface area contributed by atoms with Gasteiger partial charge in [-0.25, -0.2) is 4.79 Å². The lowest BCUT2D eigenvalue weighted by atomic mass is 9.96. The minimum absolute atomic E-state index is 0.154. The topological polar surface area (TPSA) is 86.6 Å². The van der Waals surface area contributed by atoms with Crippen molar-refractivity contribution in [3.63, 3.8) is 0 Å². The fourth-order valence-corrected chi connectivity index (χ4v) is 2.06. The molecule has 7 heteroatoms. The molecule has 1 aromatic carbocycles. The monoisotopic (exact) mass is 295 g/mol. The van der Waals surface area contributed by atoms with Crippen molar-refractivity contribution in [3.8, 4) is 17.2 Å². The Morgan fingerprint density at radius 2 is 1.81 bits per heavy atom. The van der Waals surface area contributed by atoms with E-state index in [1.54, 1.807) is 12.1 Å². The van der Waals surface area contributed by atoms with Crippen LogP contribution in [0.2, 0.25) is 0 Å². The van der Waals surface area contributed by atoms with Gasteiger partial charge in [-0.3, -0.25) is 0 Å². The van der Waals surface area contributed by atoms with Gasteiger partial charge >= 0.3 is 5.97 Å². The molecule has 1 heterocycles. The summed E-state index contributed by atoms with van der Waals surface area (Å²) in [6, 6.07) is 3.41. The highest BCUT2D eigenvalue weighted by Crippen LogP contribution is 2.39. The number of nitrogens with zero attached hydrogens (tertiary/aromatic N) is 1. The lowest BCUT2D eigenvalue weighted by Gasteiger charge is -2.15. The molecule has 1 N–H and O–H groups in total. The first-order valence-corrected chi connectivity index (χ1v) is 6.24. The van der Waals surface area contributed by atoms with Gasteiger partial charge in [0.05, 0.1) is 27.0 Å². The van der Waals surface area contributed by atoms with E-state index in [2.05, 4.69) is 5.16 Å². The fourth-order valence-electron chi connectivity index (χ4n) is 2.06. The molecule has 1 aromatic rings. The molecule has 114 valence electrons. The van der Waals surface area contributed by atoms with E-state index in [4.69, 9.17) is 24.2 Å². The van der Waals surface area contributed by atoms with Crippen LogP contribution in [0.15, 0.2) is 17.3 Å². The number of benzene rings is 1. The summed E-state index contributed by atoms with van der Waals surface area (Å²) < 4.78 is 15.8. The smallest absolute Gasteiger partial charge is 0.351 e. The average molecular weight is 295 g/mol. The third kappa shape index (κ3) is 2.58. The number of rotatable bonds is 5. The van der Waals surface area contributed by atoms with E-state index in [1.807, 2.05) is 0 Å². The summed E-state index contributed by atoms with van der Waals surface area (Å²) in [5.41, 5.74) is -0.177. The van der Waals surface area contributed by atoms with Crippen molar-refractivity contribution in [2.45, 2.75) is 18.9 Å². The molecule has 1 aliphatic rings. The van der Waals surface area contributed by atoms with E-state index in [1.165, 1.54) is 28.3 Å². The van der Waals surface area contributed by atoms with Crippen LogP contribution in [0.25, 0.3) is 0 Å². The molecule has 0 spiro atoms.